The number of para-hydroxylation sites is 1. The number of benzene rings is 1. The molecule has 5 heteroatoms. The monoisotopic (exact) mass is 283 g/mol. The molecule has 106 valence electrons. The predicted octanol–water partition coefficient (Wildman–Crippen LogP) is 1.43. The Morgan fingerprint density at radius 1 is 1.29 bits per heavy atom. The largest absolute Gasteiger partial charge is 0.495 e. The van der Waals surface area contributed by atoms with Crippen LogP contribution < -0.4 is 15.7 Å². The maximum Gasteiger partial charge on any atom is 0.335 e. The normalized spacial score (nSPS) is 9.38. The van der Waals surface area contributed by atoms with Crippen molar-refractivity contribution in [1.29, 1.82) is 0 Å². The van der Waals surface area contributed by atoms with Crippen molar-refractivity contribution < 1.29 is 13.9 Å². The molecule has 0 spiro atoms. The molecule has 0 unspecified atom stereocenters. The molecular weight excluding hydrogens is 270 g/mol. The molecule has 1 aromatic carbocycles. The lowest BCUT2D eigenvalue weighted by Crippen LogP contribution is -2.23. The van der Waals surface area contributed by atoms with Gasteiger partial charge in [0.2, 0.25) is 0 Å². The summed E-state index contributed by atoms with van der Waals surface area (Å²) in [7, 11) is 1.57. The van der Waals surface area contributed by atoms with E-state index in [4.69, 9.17) is 4.74 Å². The molecule has 0 bridgehead atoms. The first kappa shape index (κ1) is 14.4. The summed E-state index contributed by atoms with van der Waals surface area (Å²) >= 11 is 0. The fourth-order valence-corrected chi connectivity index (χ4v) is 1.60. The Kier molecular flexibility index (Phi) is 4.78. The van der Waals surface area contributed by atoms with Crippen molar-refractivity contribution in [1.82, 2.24) is 5.32 Å². The van der Waals surface area contributed by atoms with Crippen LogP contribution in [0.3, 0.4) is 0 Å². The second-order valence-electron chi connectivity index (χ2n) is 4.03. The number of methoxy groups -OCH3 is 1. The molecule has 21 heavy (non-hydrogen) atoms. The summed E-state index contributed by atoms with van der Waals surface area (Å²) < 4.78 is 9.79. The molecule has 2 rings (SSSR count). The maximum absolute atomic E-state index is 11.7. The topological polar surface area (TPSA) is 68.5 Å². The molecule has 0 atom stereocenters. The number of carbonyl (C=O) groups excluding carboxylic acids is 1. The Morgan fingerprint density at radius 2 is 2.10 bits per heavy atom. The lowest BCUT2D eigenvalue weighted by atomic mass is 10.2. The average Bonchev–Trinajstić information content (AvgIpc) is 2.52. The van der Waals surface area contributed by atoms with Crippen LogP contribution in [0.4, 0.5) is 0 Å². The number of nitrogens with one attached hydrogen (secondary N) is 1. The van der Waals surface area contributed by atoms with Gasteiger partial charge in [0.05, 0.1) is 24.8 Å². The van der Waals surface area contributed by atoms with Crippen molar-refractivity contribution >= 4 is 5.91 Å². The molecule has 1 aromatic heterocycles. The summed E-state index contributed by atoms with van der Waals surface area (Å²) in [6.07, 6.45) is 1.12. The standard InChI is InChI=1S/C16H13NO4/c1-20-14-7-3-2-5-12(14)6-4-10-17-16(19)13-8-9-15(18)21-11-13/h2-3,5,7-9,11H,10H2,1H3,(H,17,19). The second kappa shape index (κ2) is 6.96. The molecule has 0 saturated carbocycles. The van der Waals surface area contributed by atoms with Gasteiger partial charge in [0.25, 0.3) is 5.91 Å². The summed E-state index contributed by atoms with van der Waals surface area (Å²) in [6, 6.07) is 9.95. The van der Waals surface area contributed by atoms with Gasteiger partial charge in [0, 0.05) is 6.07 Å². The number of carbonyl (C=O) groups is 1. The van der Waals surface area contributed by atoms with E-state index in [-0.39, 0.29) is 18.0 Å². The van der Waals surface area contributed by atoms with Gasteiger partial charge in [-0.3, -0.25) is 4.79 Å². The second-order valence-corrected chi connectivity index (χ2v) is 4.03. The SMILES string of the molecule is COc1ccccc1C#CCNC(=O)c1ccc(=O)oc1. The van der Waals surface area contributed by atoms with Crippen molar-refractivity contribution in [2.45, 2.75) is 0 Å². The fourth-order valence-electron chi connectivity index (χ4n) is 1.60. The van der Waals surface area contributed by atoms with Crippen LogP contribution in [0, 0.1) is 11.8 Å². The number of rotatable bonds is 3. The minimum Gasteiger partial charge on any atom is -0.495 e. The molecule has 2 aromatic rings. The van der Waals surface area contributed by atoms with Crippen LogP contribution >= 0.6 is 0 Å². The van der Waals surface area contributed by atoms with Crippen molar-refractivity contribution in [2.24, 2.45) is 0 Å². The highest BCUT2D eigenvalue weighted by Gasteiger charge is 2.04. The quantitative estimate of drug-likeness (QED) is 0.865. The van der Waals surface area contributed by atoms with Crippen molar-refractivity contribution in [3.05, 3.63) is 64.2 Å². The molecular formula is C16H13NO4. The minimum atomic E-state index is -0.498. The number of hydrogen-bond donors (Lipinski definition) is 1. The summed E-state index contributed by atoms with van der Waals surface area (Å²) in [5, 5.41) is 2.61. The van der Waals surface area contributed by atoms with E-state index < -0.39 is 5.63 Å². The van der Waals surface area contributed by atoms with Crippen LogP contribution in [0.25, 0.3) is 0 Å². The van der Waals surface area contributed by atoms with E-state index in [9.17, 15) is 9.59 Å². The van der Waals surface area contributed by atoms with Gasteiger partial charge < -0.3 is 14.5 Å². The van der Waals surface area contributed by atoms with E-state index >= 15 is 0 Å². The molecule has 1 heterocycles. The molecule has 5 nitrogen and oxygen atoms in total. The van der Waals surface area contributed by atoms with Crippen molar-refractivity contribution in [3.8, 4) is 17.6 Å². The zero-order valence-electron chi connectivity index (χ0n) is 11.4. The third-order valence-corrected chi connectivity index (χ3v) is 2.63. The molecule has 0 saturated heterocycles. The lowest BCUT2D eigenvalue weighted by Gasteiger charge is -2.01. The van der Waals surface area contributed by atoms with Gasteiger partial charge in [-0.05, 0) is 18.2 Å². The molecule has 1 amide bonds. The minimum absolute atomic E-state index is 0.177. The Labute approximate surface area is 121 Å². The zero-order valence-corrected chi connectivity index (χ0v) is 11.4. The highest BCUT2D eigenvalue weighted by atomic mass is 16.5. The van der Waals surface area contributed by atoms with E-state index in [1.54, 1.807) is 7.11 Å². The summed E-state index contributed by atoms with van der Waals surface area (Å²) in [5.41, 5.74) is 0.524. The van der Waals surface area contributed by atoms with Gasteiger partial charge in [-0.2, -0.15) is 0 Å². The Bertz CT molecular complexity index is 732. The summed E-state index contributed by atoms with van der Waals surface area (Å²) in [5.74, 6) is 6.08. The van der Waals surface area contributed by atoms with Crippen LogP contribution in [0.2, 0.25) is 0 Å². The average molecular weight is 283 g/mol. The summed E-state index contributed by atoms with van der Waals surface area (Å²) in [6.45, 7) is 0.177. The van der Waals surface area contributed by atoms with Crippen LogP contribution in [-0.4, -0.2) is 19.6 Å². The van der Waals surface area contributed by atoms with Crippen LogP contribution in [0.1, 0.15) is 15.9 Å². The number of hydrogen-bond acceptors (Lipinski definition) is 4. The highest BCUT2D eigenvalue weighted by Crippen LogP contribution is 2.15. The smallest absolute Gasteiger partial charge is 0.335 e. The Morgan fingerprint density at radius 3 is 2.81 bits per heavy atom. The van der Waals surface area contributed by atoms with Crippen molar-refractivity contribution in [2.75, 3.05) is 13.7 Å². The van der Waals surface area contributed by atoms with Gasteiger partial charge in [-0.1, -0.05) is 24.0 Å². The van der Waals surface area contributed by atoms with Gasteiger partial charge in [0.1, 0.15) is 12.0 Å². The third-order valence-electron chi connectivity index (χ3n) is 2.63. The van der Waals surface area contributed by atoms with E-state index in [1.807, 2.05) is 24.3 Å². The van der Waals surface area contributed by atoms with Gasteiger partial charge in [-0.25, -0.2) is 4.79 Å². The summed E-state index contributed by atoms with van der Waals surface area (Å²) in [4.78, 5) is 22.5. The van der Waals surface area contributed by atoms with E-state index in [2.05, 4.69) is 21.6 Å². The van der Waals surface area contributed by atoms with E-state index in [0.29, 0.717) is 5.75 Å². The van der Waals surface area contributed by atoms with Gasteiger partial charge in [-0.15, -0.1) is 0 Å². The van der Waals surface area contributed by atoms with Gasteiger partial charge in [0.15, 0.2) is 0 Å². The zero-order chi connectivity index (χ0) is 15.1. The van der Waals surface area contributed by atoms with Crippen molar-refractivity contribution in [3.63, 3.8) is 0 Å². The maximum atomic E-state index is 11.7. The predicted molar refractivity (Wildman–Crippen MR) is 77.2 cm³/mol. The third kappa shape index (κ3) is 3.98. The molecule has 1 N–H and O–H groups in total. The van der Waals surface area contributed by atoms with Crippen LogP contribution in [0.15, 0.2) is 51.9 Å². The Hall–Kier alpha value is -3.00. The van der Waals surface area contributed by atoms with Crippen LogP contribution in [-0.2, 0) is 0 Å². The number of ether oxygens (including phenoxy) is 1. The van der Waals surface area contributed by atoms with E-state index in [1.165, 1.54) is 12.1 Å². The number of amides is 1. The lowest BCUT2D eigenvalue weighted by molar-refractivity contribution is 0.0956. The van der Waals surface area contributed by atoms with Gasteiger partial charge >= 0.3 is 5.63 Å². The first-order valence-corrected chi connectivity index (χ1v) is 6.19. The van der Waals surface area contributed by atoms with E-state index in [0.717, 1.165) is 11.8 Å². The van der Waals surface area contributed by atoms with Crippen LogP contribution in [0.5, 0.6) is 5.75 Å². The molecule has 0 aliphatic carbocycles. The fraction of sp³-hybridized carbons (Fsp3) is 0.125. The Balaban J connectivity index is 1.96. The molecule has 0 fully saturated rings. The molecule has 0 aliphatic rings. The first-order chi connectivity index (χ1) is 10.2. The molecule has 0 aliphatic heterocycles. The highest BCUT2D eigenvalue weighted by molar-refractivity contribution is 5.93. The first-order valence-electron chi connectivity index (χ1n) is 6.19. The molecule has 0 radical (unpaired) electrons.